The van der Waals surface area contributed by atoms with Gasteiger partial charge in [0.25, 0.3) is 0 Å². The largest absolute Gasteiger partial charge is 0.0654 e. The third-order valence-electron chi connectivity index (χ3n) is 11.8. The Morgan fingerprint density at radius 1 is 0.340 bits per heavy atom. The van der Waals surface area contributed by atoms with E-state index in [0.29, 0.717) is 5.92 Å². The van der Waals surface area contributed by atoms with E-state index in [1.165, 1.54) is 130 Å². The normalized spacial score (nSPS) is 12.1. The van der Waals surface area contributed by atoms with Crippen molar-refractivity contribution in [2.24, 2.45) is 0 Å². The number of hydrogen-bond donors (Lipinski definition) is 0. The molecule has 0 N–H and O–H groups in total. The first kappa shape index (κ1) is 31.7. The lowest BCUT2D eigenvalue weighted by Crippen LogP contribution is -2.00. The molecule has 0 saturated carbocycles. The zero-order valence-corrected chi connectivity index (χ0v) is 30.5. The van der Waals surface area contributed by atoms with Gasteiger partial charge in [-0.05, 0) is 147 Å². The smallest absolute Gasteiger partial charge is 0.00201 e. The van der Waals surface area contributed by atoms with Crippen LogP contribution in [0.1, 0.15) is 51.0 Å². The highest BCUT2D eigenvalue weighted by Crippen LogP contribution is 2.50. The monoisotopic (exact) mass is 678 g/mol. The molecule has 0 fully saturated rings. The molecule has 0 aromatic heterocycles. The average Bonchev–Trinajstić information content (AvgIpc) is 3.55. The molecule has 9 aromatic rings. The van der Waals surface area contributed by atoms with Crippen LogP contribution in [-0.4, -0.2) is 0 Å². The van der Waals surface area contributed by atoms with Crippen LogP contribution in [-0.2, 0) is 0 Å². The van der Waals surface area contributed by atoms with Gasteiger partial charge >= 0.3 is 0 Å². The van der Waals surface area contributed by atoms with Crippen LogP contribution in [0, 0.1) is 0 Å². The molecule has 254 valence electrons. The Hall–Kier alpha value is -5.98. The van der Waals surface area contributed by atoms with E-state index in [-0.39, 0.29) is 0 Å². The fourth-order valence-corrected chi connectivity index (χ4v) is 9.33. The minimum Gasteiger partial charge on any atom is -0.0654 e. The molecule has 0 aliphatic heterocycles. The Morgan fingerprint density at radius 3 is 1.70 bits per heavy atom. The van der Waals surface area contributed by atoms with Gasteiger partial charge in [-0.2, -0.15) is 0 Å². The zero-order chi connectivity index (χ0) is 35.5. The van der Waals surface area contributed by atoms with E-state index in [2.05, 4.69) is 178 Å². The molecule has 0 saturated heterocycles. The van der Waals surface area contributed by atoms with Gasteiger partial charge in [-0.1, -0.05) is 166 Å². The van der Waals surface area contributed by atoms with E-state index in [1.54, 1.807) is 0 Å². The van der Waals surface area contributed by atoms with Gasteiger partial charge in [-0.15, -0.1) is 0 Å². The van der Waals surface area contributed by atoms with Crippen LogP contribution in [0.25, 0.3) is 98.7 Å². The molecule has 10 rings (SSSR count). The molecule has 9 aromatic carbocycles. The summed E-state index contributed by atoms with van der Waals surface area (Å²) in [6.45, 7) is 4.65. The Kier molecular flexibility index (Phi) is 7.73. The molecule has 0 unspecified atom stereocenters. The maximum Gasteiger partial charge on any atom is -0.00201 e. The topological polar surface area (TPSA) is 0 Å². The maximum atomic E-state index is 2.51. The first-order valence-electron chi connectivity index (χ1n) is 19.4. The van der Waals surface area contributed by atoms with Crippen LogP contribution in [0.2, 0.25) is 0 Å². The van der Waals surface area contributed by atoms with E-state index in [9.17, 15) is 0 Å². The predicted octanol–water partition coefficient (Wildman–Crippen LogP) is 15.6. The first-order chi connectivity index (χ1) is 26.2. The molecule has 0 bridgehead atoms. The number of fused-ring (bicyclic) bond motifs is 7. The number of hydrogen-bond acceptors (Lipinski definition) is 0. The minimum absolute atomic E-state index is 0.546. The quantitative estimate of drug-likeness (QED) is 0.140. The van der Waals surface area contributed by atoms with Crippen LogP contribution in [0.15, 0.2) is 164 Å². The van der Waals surface area contributed by atoms with Crippen LogP contribution in [0.5, 0.6) is 0 Å². The highest BCUT2D eigenvalue weighted by Gasteiger charge is 2.23. The predicted molar refractivity (Wildman–Crippen MR) is 230 cm³/mol. The van der Waals surface area contributed by atoms with Gasteiger partial charge in [-0.3, -0.25) is 0 Å². The van der Waals surface area contributed by atoms with Gasteiger partial charge < -0.3 is 0 Å². The molecular weight excluding hydrogens is 637 g/mol. The molecule has 0 heteroatoms. The summed E-state index contributed by atoms with van der Waals surface area (Å²) in [7, 11) is 0. The van der Waals surface area contributed by atoms with Crippen molar-refractivity contribution < 1.29 is 0 Å². The summed E-state index contributed by atoms with van der Waals surface area (Å²) in [6.07, 6.45) is 4.79. The third kappa shape index (κ3) is 5.28. The summed E-state index contributed by atoms with van der Waals surface area (Å²) in [5.74, 6) is 0.546. The first-order valence-corrected chi connectivity index (χ1v) is 19.4. The number of benzene rings is 9. The van der Waals surface area contributed by atoms with Crippen molar-refractivity contribution in [3.05, 3.63) is 169 Å². The molecule has 1 aliphatic rings. The van der Waals surface area contributed by atoms with Gasteiger partial charge in [-0.25, -0.2) is 0 Å². The van der Waals surface area contributed by atoms with E-state index in [1.807, 2.05) is 0 Å². The van der Waals surface area contributed by atoms with Gasteiger partial charge in [0.2, 0.25) is 0 Å². The summed E-state index contributed by atoms with van der Waals surface area (Å²) in [4.78, 5) is 0. The Bertz CT molecular complexity index is 2830. The second-order valence-corrected chi connectivity index (χ2v) is 15.0. The van der Waals surface area contributed by atoms with Crippen molar-refractivity contribution >= 4 is 43.1 Å². The van der Waals surface area contributed by atoms with E-state index < -0.39 is 0 Å². The summed E-state index contributed by atoms with van der Waals surface area (Å²) in [5, 5.41) is 10.5. The van der Waals surface area contributed by atoms with Crippen molar-refractivity contribution in [3.63, 3.8) is 0 Å². The minimum atomic E-state index is 0.546. The molecule has 0 nitrogen and oxygen atoms in total. The SMILES string of the molecule is CCCC(CCC)c1cc(-c2ccc3cc(-c4cc5ccccc5c5ccccc45)ccc3c2)cc(-c2ccc3c4c(cccc24)-c2ccccc2-3)c1. The molecule has 0 heterocycles. The van der Waals surface area contributed by atoms with Crippen LogP contribution in [0.4, 0.5) is 0 Å². The molecule has 0 spiro atoms. The van der Waals surface area contributed by atoms with Crippen LogP contribution in [0.3, 0.4) is 0 Å². The van der Waals surface area contributed by atoms with E-state index in [4.69, 9.17) is 0 Å². The molecule has 0 amide bonds. The van der Waals surface area contributed by atoms with Gasteiger partial charge in [0.1, 0.15) is 0 Å². The van der Waals surface area contributed by atoms with Crippen molar-refractivity contribution in [2.45, 2.75) is 45.4 Å². The highest BCUT2D eigenvalue weighted by atomic mass is 14.3. The molecule has 0 radical (unpaired) electrons. The van der Waals surface area contributed by atoms with Crippen LogP contribution < -0.4 is 0 Å². The highest BCUT2D eigenvalue weighted by molar-refractivity contribution is 6.19. The second-order valence-electron chi connectivity index (χ2n) is 15.0. The van der Waals surface area contributed by atoms with E-state index >= 15 is 0 Å². The fourth-order valence-electron chi connectivity index (χ4n) is 9.33. The van der Waals surface area contributed by atoms with Crippen LogP contribution >= 0.6 is 0 Å². The van der Waals surface area contributed by atoms with Crippen molar-refractivity contribution in [2.75, 3.05) is 0 Å². The standard InChI is InChI=1S/C53H42/c1-3-12-34(13-4-2)40-30-41(32-42(31-40)44-26-27-51-47-18-9-8-17-46(47)50-21-11-20-49(44)53(50)51)37-23-22-36-29-39(25-24-35(36)28-37)52-33-38-14-5-6-15-43(38)45-16-7-10-19-48(45)52/h5-11,14-34H,3-4,12-13H2,1-2H3. The summed E-state index contributed by atoms with van der Waals surface area (Å²) < 4.78 is 0. The zero-order valence-electron chi connectivity index (χ0n) is 30.5. The summed E-state index contributed by atoms with van der Waals surface area (Å²) in [6, 6.07) is 61.9. The summed E-state index contributed by atoms with van der Waals surface area (Å²) in [5.41, 5.74) is 14.6. The molecular formula is C53H42. The second kappa shape index (κ2) is 12.9. The third-order valence-corrected chi connectivity index (χ3v) is 11.8. The average molecular weight is 679 g/mol. The van der Waals surface area contributed by atoms with Gasteiger partial charge in [0.15, 0.2) is 0 Å². The molecule has 1 aliphatic carbocycles. The Labute approximate surface area is 312 Å². The Balaban J connectivity index is 1.11. The van der Waals surface area contributed by atoms with Gasteiger partial charge in [0, 0.05) is 0 Å². The van der Waals surface area contributed by atoms with E-state index in [0.717, 1.165) is 0 Å². The van der Waals surface area contributed by atoms with Crippen molar-refractivity contribution in [1.29, 1.82) is 0 Å². The lowest BCUT2D eigenvalue weighted by atomic mass is 9.85. The van der Waals surface area contributed by atoms with Gasteiger partial charge in [0.05, 0.1) is 0 Å². The summed E-state index contributed by atoms with van der Waals surface area (Å²) >= 11 is 0. The van der Waals surface area contributed by atoms with Crippen molar-refractivity contribution in [1.82, 2.24) is 0 Å². The number of rotatable bonds is 8. The maximum absolute atomic E-state index is 2.51. The molecule has 53 heavy (non-hydrogen) atoms. The lowest BCUT2D eigenvalue weighted by molar-refractivity contribution is 0.561. The lowest BCUT2D eigenvalue weighted by Gasteiger charge is -2.20. The Morgan fingerprint density at radius 2 is 0.925 bits per heavy atom. The fraction of sp³-hybridized carbons (Fsp3) is 0.132. The molecule has 0 atom stereocenters. The van der Waals surface area contributed by atoms with Crippen molar-refractivity contribution in [3.8, 4) is 55.6 Å².